The standard InChI is InChI=1S/C18H19FN2O2/c1-13-17(3-2-8-20-13)18(22)21-9-10-23-16(12-21)11-14-4-6-15(19)7-5-14/h2-8,16H,9-12H2,1H3. The summed E-state index contributed by atoms with van der Waals surface area (Å²) in [6.45, 7) is 3.46. The molecule has 0 bridgehead atoms. The van der Waals surface area contributed by atoms with E-state index in [0.717, 1.165) is 11.3 Å². The van der Waals surface area contributed by atoms with Crippen LogP contribution in [-0.2, 0) is 11.2 Å². The van der Waals surface area contributed by atoms with Crippen molar-refractivity contribution in [3.8, 4) is 0 Å². The normalized spacial score (nSPS) is 18.0. The number of aryl methyl sites for hydroxylation is 1. The van der Waals surface area contributed by atoms with Gasteiger partial charge in [-0.25, -0.2) is 4.39 Å². The zero-order chi connectivity index (χ0) is 16.2. The Labute approximate surface area is 134 Å². The van der Waals surface area contributed by atoms with Gasteiger partial charge in [-0.2, -0.15) is 0 Å². The predicted molar refractivity (Wildman–Crippen MR) is 84.7 cm³/mol. The third kappa shape index (κ3) is 3.74. The van der Waals surface area contributed by atoms with E-state index in [1.807, 2.05) is 11.8 Å². The minimum atomic E-state index is -0.248. The summed E-state index contributed by atoms with van der Waals surface area (Å²) in [5, 5.41) is 0. The molecule has 120 valence electrons. The van der Waals surface area contributed by atoms with Crippen LogP contribution in [0.2, 0.25) is 0 Å². The minimum Gasteiger partial charge on any atom is -0.374 e. The number of aromatic nitrogens is 1. The van der Waals surface area contributed by atoms with Gasteiger partial charge in [-0.1, -0.05) is 12.1 Å². The second-order valence-electron chi connectivity index (χ2n) is 5.71. The predicted octanol–water partition coefficient (Wildman–Crippen LogP) is 2.61. The first-order valence-corrected chi connectivity index (χ1v) is 7.70. The Balaban J connectivity index is 1.67. The van der Waals surface area contributed by atoms with Crippen LogP contribution in [0.15, 0.2) is 42.6 Å². The summed E-state index contributed by atoms with van der Waals surface area (Å²) in [6, 6.07) is 9.97. The molecule has 23 heavy (non-hydrogen) atoms. The van der Waals surface area contributed by atoms with E-state index < -0.39 is 0 Å². The van der Waals surface area contributed by atoms with Crippen molar-refractivity contribution in [2.75, 3.05) is 19.7 Å². The number of ether oxygens (including phenoxy) is 1. The summed E-state index contributed by atoms with van der Waals surface area (Å²) in [4.78, 5) is 18.6. The molecule has 1 aliphatic heterocycles. The van der Waals surface area contributed by atoms with E-state index >= 15 is 0 Å². The third-order valence-electron chi connectivity index (χ3n) is 4.04. The quantitative estimate of drug-likeness (QED) is 0.874. The second-order valence-corrected chi connectivity index (χ2v) is 5.71. The fraction of sp³-hybridized carbons (Fsp3) is 0.333. The average molecular weight is 314 g/mol. The van der Waals surface area contributed by atoms with Gasteiger partial charge < -0.3 is 9.64 Å². The lowest BCUT2D eigenvalue weighted by Gasteiger charge is -2.33. The maximum Gasteiger partial charge on any atom is 0.255 e. The topological polar surface area (TPSA) is 42.4 Å². The molecule has 0 spiro atoms. The first-order valence-electron chi connectivity index (χ1n) is 7.70. The number of morpholine rings is 1. The Kier molecular flexibility index (Phi) is 4.67. The summed E-state index contributed by atoms with van der Waals surface area (Å²) in [5.74, 6) is -0.259. The van der Waals surface area contributed by atoms with Gasteiger partial charge >= 0.3 is 0 Å². The maximum atomic E-state index is 13.0. The van der Waals surface area contributed by atoms with Gasteiger partial charge in [0.1, 0.15) is 5.82 Å². The molecular formula is C18H19FN2O2. The second kappa shape index (κ2) is 6.87. The zero-order valence-electron chi connectivity index (χ0n) is 13.0. The van der Waals surface area contributed by atoms with Crippen molar-refractivity contribution in [3.63, 3.8) is 0 Å². The highest BCUT2D eigenvalue weighted by atomic mass is 19.1. The van der Waals surface area contributed by atoms with E-state index in [9.17, 15) is 9.18 Å². The number of rotatable bonds is 3. The van der Waals surface area contributed by atoms with Crippen LogP contribution in [0.4, 0.5) is 4.39 Å². The third-order valence-corrected chi connectivity index (χ3v) is 4.04. The summed E-state index contributed by atoms with van der Waals surface area (Å²) in [7, 11) is 0. The van der Waals surface area contributed by atoms with Gasteiger partial charge in [-0.15, -0.1) is 0 Å². The fourth-order valence-electron chi connectivity index (χ4n) is 2.79. The molecule has 1 saturated heterocycles. The molecule has 1 aromatic carbocycles. The van der Waals surface area contributed by atoms with E-state index in [2.05, 4.69) is 4.98 Å². The minimum absolute atomic E-state index is 0.0111. The molecule has 1 aromatic heterocycles. The summed E-state index contributed by atoms with van der Waals surface area (Å²) in [6.07, 6.45) is 2.27. The lowest BCUT2D eigenvalue weighted by atomic mass is 10.1. The molecule has 5 heteroatoms. The van der Waals surface area contributed by atoms with Gasteiger partial charge in [-0.3, -0.25) is 9.78 Å². The van der Waals surface area contributed by atoms with E-state index in [1.165, 1.54) is 12.1 Å². The molecule has 0 aliphatic carbocycles. The lowest BCUT2D eigenvalue weighted by Crippen LogP contribution is -2.46. The Morgan fingerprint density at radius 1 is 1.35 bits per heavy atom. The fourth-order valence-corrected chi connectivity index (χ4v) is 2.79. The van der Waals surface area contributed by atoms with Crippen LogP contribution in [0.25, 0.3) is 0 Å². The molecular weight excluding hydrogens is 295 g/mol. The lowest BCUT2D eigenvalue weighted by molar-refractivity contribution is -0.0208. The molecule has 0 radical (unpaired) electrons. The number of carbonyl (C=O) groups excluding carboxylic acids is 1. The van der Waals surface area contributed by atoms with Crippen LogP contribution in [-0.4, -0.2) is 41.6 Å². The molecule has 1 fully saturated rings. The van der Waals surface area contributed by atoms with Crippen molar-refractivity contribution in [3.05, 3.63) is 65.2 Å². The van der Waals surface area contributed by atoms with Crippen molar-refractivity contribution >= 4 is 5.91 Å². The highest BCUT2D eigenvalue weighted by molar-refractivity contribution is 5.95. The monoisotopic (exact) mass is 314 g/mol. The smallest absolute Gasteiger partial charge is 0.255 e. The SMILES string of the molecule is Cc1ncccc1C(=O)N1CCOC(Cc2ccc(F)cc2)C1. The Bertz CT molecular complexity index is 688. The molecule has 1 unspecified atom stereocenters. The molecule has 2 heterocycles. The van der Waals surface area contributed by atoms with Crippen LogP contribution in [0.3, 0.4) is 0 Å². The first kappa shape index (κ1) is 15.6. The molecule has 0 N–H and O–H groups in total. The van der Waals surface area contributed by atoms with Gasteiger partial charge in [0.05, 0.1) is 18.3 Å². The number of amides is 1. The highest BCUT2D eigenvalue weighted by Gasteiger charge is 2.26. The van der Waals surface area contributed by atoms with Crippen molar-refractivity contribution in [2.45, 2.75) is 19.4 Å². The van der Waals surface area contributed by atoms with Crippen molar-refractivity contribution in [2.24, 2.45) is 0 Å². The Morgan fingerprint density at radius 3 is 2.87 bits per heavy atom. The maximum absolute atomic E-state index is 13.0. The largest absolute Gasteiger partial charge is 0.374 e. The number of pyridine rings is 1. The Hall–Kier alpha value is -2.27. The summed E-state index contributed by atoms with van der Waals surface area (Å²) < 4.78 is 18.7. The van der Waals surface area contributed by atoms with E-state index in [1.54, 1.807) is 30.5 Å². The van der Waals surface area contributed by atoms with Gasteiger partial charge in [0.15, 0.2) is 0 Å². The Morgan fingerprint density at radius 2 is 2.13 bits per heavy atom. The van der Waals surface area contributed by atoms with Crippen LogP contribution < -0.4 is 0 Å². The molecule has 1 aliphatic rings. The van der Waals surface area contributed by atoms with Crippen molar-refractivity contribution in [1.82, 2.24) is 9.88 Å². The molecule has 4 nitrogen and oxygen atoms in total. The molecule has 1 amide bonds. The van der Waals surface area contributed by atoms with Gasteiger partial charge in [-0.05, 0) is 36.8 Å². The van der Waals surface area contributed by atoms with E-state index in [4.69, 9.17) is 4.74 Å². The van der Waals surface area contributed by atoms with E-state index in [0.29, 0.717) is 31.7 Å². The number of hydrogen-bond acceptors (Lipinski definition) is 3. The summed E-state index contributed by atoms with van der Waals surface area (Å²) in [5.41, 5.74) is 2.37. The van der Waals surface area contributed by atoms with Crippen LogP contribution in [0.1, 0.15) is 21.6 Å². The molecule has 3 rings (SSSR count). The van der Waals surface area contributed by atoms with Crippen LogP contribution >= 0.6 is 0 Å². The number of halogens is 1. The van der Waals surface area contributed by atoms with Crippen molar-refractivity contribution in [1.29, 1.82) is 0 Å². The number of benzene rings is 1. The summed E-state index contributed by atoms with van der Waals surface area (Å²) >= 11 is 0. The van der Waals surface area contributed by atoms with Crippen molar-refractivity contribution < 1.29 is 13.9 Å². The molecule has 1 atom stereocenters. The number of nitrogens with zero attached hydrogens (tertiary/aromatic N) is 2. The van der Waals surface area contributed by atoms with Crippen LogP contribution in [0.5, 0.6) is 0 Å². The van der Waals surface area contributed by atoms with Gasteiger partial charge in [0, 0.05) is 31.4 Å². The van der Waals surface area contributed by atoms with Gasteiger partial charge in [0.2, 0.25) is 0 Å². The molecule has 2 aromatic rings. The highest BCUT2D eigenvalue weighted by Crippen LogP contribution is 2.16. The average Bonchev–Trinajstić information content (AvgIpc) is 2.57. The van der Waals surface area contributed by atoms with E-state index in [-0.39, 0.29) is 17.8 Å². The van der Waals surface area contributed by atoms with Crippen LogP contribution in [0, 0.1) is 12.7 Å². The van der Waals surface area contributed by atoms with Gasteiger partial charge in [0.25, 0.3) is 5.91 Å². The molecule has 0 saturated carbocycles. The number of carbonyl (C=O) groups is 1. The zero-order valence-corrected chi connectivity index (χ0v) is 13.0. The first-order chi connectivity index (χ1) is 11.1. The number of hydrogen-bond donors (Lipinski definition) is 0.